The molecule has 47 heavy (non-hydrogen) atoms. The maximum atomic E-state index is 5.22. The molecule has 0 saturated heterocycles. The van der Waals surface area contributed by atoms with E-state index in [0.717, 1.165) is 22.4 Å². The van der Waals surface area contributed by atoms with Crippen LogP contribution in [0.15, 0.2) is 183 Å². The lowest BCUT2D eigenvalue weighted by Crippen LogP contribution is -2.09. The van der Waals surface area contributed by atoms with E-state index in [-0.39, 0.29) is 5.92 Å². The van der Waals surface area contributed by atoms with Crippen molar-refractivity contribution in [3.8, 4) is 17.3 Å². The first-order chi connectivity index (χ1) is 23.1. The van der Waals surface area contributed by atoms with Crippen molar-refractivity contribution in [2.45, 2.75) is 39.3 Å². The first-order valence-electron chi connectivity index (χ1n) is 16.0. The average molecular weight is 627 g/mol. The summed E-state index contributed by atoms with van der Waals surface area (Å²) in [4.78, 5) is 20.4. The van der Waals surface area contributed by atoms with E-state index >= 15 is 0 Å². The quantitative estimate of drug-likeness (QED) is 0.177. The largest absolute Gasteiger partial charge is 0.278 e. The lowest BCUT2D eigenvalue weighted by molar-refractivity contribution is 0.750. The second-order valence-corrected chi connectivity index (χ2v) is 15.0. The highest BCUT2D eigenvalue weighted by Gasteiger charge is 2.33. The minimum atomic E-state index is -1.86. The Morgan fingerprint density at radius 2 is 0.936 bits per heavy atom. The third-order valence-electron chi connectivity index (χ3n) is 8.67. The van der Waals surface area contributed by atoms with Gasteiger partial charge in [-0.3, -0.25) is 4.57 Å². The molecule has 0 radical (unpaired) electrons. The van der Waals surface area contributed by atoms with Crippen molar-refractivity contribution in [2.75, 3.05) is 0 Å². The van der Waals surface area contributed by atoms with Gasteiger partial charge in [0, 0.05) is 41.8 Å². The van der Waals surface area contributed by atoms with Crippen LogP contribution < -0.4 is 0 Å². The molecule has 0 unspecified atom stereocenters. The van der Waals surface area contributed by atoms with Crippen LogP contribution in [0.25, 0.3) is 39.1 Å². The van der Waals surface area contributed by atoms with E-state index in [1.807, 2.05) is 0 Å². The maximum Gasteiger partial charge on any atom is 0.238 e. The van der Waals surface area contributed by atoms with Crippen LogP contribution >= 0.6 is 10.0 Å². The number of rotatable bonds is 7. The van der Waals surface area contributed by atoms with Crippen molar-refractivity contribution in [1.82, 2.24) is 19.5 Å². The lowest BCUT2D eigenvalue weighted by Gasteiger charge is -2.42. The highest BCUT2D eigenvalue weighted by atomic mass is 32.3. The van der Waals surface area contributed by atoms with Crippen LogP contribution in [0.4, 0.5) is 0 Å². The molecule has 8 aromatic rings. The first kappa shape index (κ1) is 28.9. The van der Waals surface area contributed by atoms with Crippen LogP contribution in [-0.4, -0.2) is 19.5 Å². The van der Waals surface area contributed by atoms with Gasteiger partial charge in [-0.25, -0.2) is 4.98 Å². The molecule has 0 bridgehead atoms. The van der Waals surface area contributed by atoms with Crippen molar-refractivity contribution in [3.05, 3.63) is 170 Å². The Hall–Kier alpha value is -5.52. The van der Waals surface area contributed by atoms with Crippen LogP contribution in [0.2, 0.25) is 0 Å². The van der Waals surface area contributed by atoms with Gasteiger partial charge in [-0.05, 0) is 60.7 Å². The Morgan fingerprint density at radius 3 is 1.45 bits per heavy atom. The smallest absolute Gasteiger partial charge is 0.238 e. The first-order valence-corrected chi connectivity index (χ1v) is 17.6. The van der Waals surface area contributed by atoms with Gasteiger partial charge in [-0.15, -0.1) is 10.0 Å². The molecule has 0 aliphatic heterocycles. The number of aromatic nitrogens is 4. The molecule has 4 nitrogen and oxygen atoms in total. The van der Waals surface area contributed by atoms with Crippen molar-refractivity contribution in [1.29, 1.82) is 0 Å². The summed E-state index contributed by atoms with van der Waals surface area (Å²) in [7, 11) is -1.86. The van der Waals surface area contributed by atoms with Crippen LogP contribution in [0.3, 0.4) is 0 Å². The van der Waals surface area contributed by atoms with E-state index in [1.54, 1.807) is 0 Å². The summed E-state index contributed by atoms with van der Waals surface area (Å²) in [5.74, 6) is 2.19. The Labute approximate surface area is 276 Å². The molecule has 6 aromatic carbocycles. The van der Waals surface area contributed by atoms with Gasteiger partial charge in [-0.2, -0.15) is 9.97 Å². The Bertz CT molecular complexity index is 2180. The zero-order chi connectivity index (χ0) is 31.8. The Kier molecular flexibility index (Phi) is 7.39. The zero-order valence-electron chi connectivity index (χ0n) is 26.4. The number of benzene rings is 6. The van der Waals surface area contributed by atoms with Crippen LogP contribution in [0, 0.1) is 0 Å². The van der Waals surface area contributed by atoms with Gasteiger partial charge in [0.05, 0.1) is 11.0 Å². The summed E-state index contributed by atoms with van der Waals surface area (Å²) in [6, 6.07) is 58.5. The molecule has 0 atom stereocenters. The third kappa shape index (κ3) is 4.91. The fraction of sp³-hybridized carbons (Fsp3) is 0.0714. The number of para-hydroxylation sites is 2. The predicted molar refractivity (Wildman–Crippen MR) is 194 cm³/mol. The van der Waals surface area contributed by atoms with Crippen LogP contribution in [0.1, 0.15) is 25.6 Å². The number of hydrogen-bond acceptors (Lipinski definition) is 3. The topological polar surface area (TPSA) is 43.6 Å². The molecule has 2 aromatic heterocycles. The molecule has 0 saturated carbocycles. The fourth-order valence-electron chi connectivity index (χ4n) is 6.52. The molecule has 228 valence electrons. The van der Waals surface area contributed by atoms with Crippen molar-refractivity contribution in [3.63, 3.8) is 0 Å². The molecule has 5 heteroatoms. The van der Waals surface area contributed by atoms with Crippen molar-refractivity contribution < 1.29 is 0 Å². The molecular weight excluding hydrogens is 593 g/mol. The minimum absolute atomic E-state index is 0.120. The molecule has 0 N–H and O–H groups in total. The second kappa shape index (κ2) is 12.0. The molecular formula is C42H34N4S. The highest BCUT2D eigenvalue weighted by molar-refractivity contribution is 8.34. The maximum absolute atomic E-state index is 5.22. The molecule has 8 rings (SSSR count). The Balaban J connectivity index is 1.39. The second-order valence-electron chi connectivity index (χ2n) is 11.9. The predicted octanol–water partition coefficient (Wildman–Crippen LogP) is 11.1. The lowest BCUT2D eigenvalue weighted by atomic mass is 10.2. The van der Waals surface area contributed by atoms with Gasteiger partial charge in [-0.1, -0.05) is 117 Å². The summed E-state index contributed by atoms with van der Waals surface area (Å²) in [5, 5.41) is 2.36. The number of nitrogens with zero attached hydrogens (tertiary/aromatic N) is 4. The van der Waals surface area contributed by atoms with E-state index in [9.17, 15) is 0 Å². The molecule has 0 amide bonds. The van der Waals surface area contributed by atoms with Crippen molar-refractivity contribution >= 4 is 31.8 Å². The fourth-order valence-corrected chi connectivity index (χ4v) is 10.4. The van der Waals surface area contributed by atoms with Gasteiger partial charge in [0.1, 0.15) is 5.82 Å². The minimum Gasteiger partial charge on any atom is -0.278 e. The summed E-state index contributed by atoms with van der Waals surface area (Å²) in [5.41, 5.74) is 3.12. The van der Waals surface area contributed by atoms with Crippen LogP contribution in [-0.2, 0) is 0 Å². The third-order valence-corrected chi connectivity index (χ3v) is 12.6. The summed E-state index contributed by atoms with van der Waals surface area (Å²) < 4.78 is 2.18. The molecule has 2 heterocycles. The van der Waals surface area contributed by atoms with Gasteiger partial charge in [0.15, 0.2) is 5.82 Å². The normalized spacial score (nSPS) is 12.1. The van der Waals surface area contributed by atoms with Gasteiger partial charge in [0.2, 0.25) is 5.95 Å². The molecule has 0 fully saturated rings. The highest BCUT2D eigenvalue weighted by Crippen LogP contribution is 2.73. The molecule has 0 spiro atoms. The summed E-state index contributed by atoms with van der Waals surface area (Å²) in [6.45, 7) is 4.28. The van der Waals surface area contributed by atoms with Gasteiger partial charge in [0.25, 0.3) is 0 Å². The number of hydrogen-bond donors (Lipinski definition) is 0. The van der Waals surface area contributed by atoms with Crippen LogP contribution in [0.5, 0.6) is 0 Å². The van der Waals surface area contributed by atoms with E-state index in [0.29, 0.717) is 11.8 Å². The Morgan fingerprint density at radius 1 is 0.468 bits per heavy atom. The summed E-state index contributed by atoms with van der Waals surface area (Å²) >= 11 is 0. The standard InChI is InChI=1S/C42H34N4S/c1-30(2)40-43-41(45-42(44-40)46-38-27-14-12-25-36(38)37-26-13-15-28-39(37)46)31-17-16-24-35(29-31)47(32-18-6-3-7-19-32,33-20-8-4-9-21-33)34-22-10-5-11-23-34/h3-30H,1-2H3. The summed E-state index contributed by atoms with van der Waals surface area (Å²) in [6.07, 6.45) is 0. The number of fused-ring (bicyclic) bond motifs is 3. The molecule has 0 aliphatic carbocycles. The van der Waals surface area contributed by atoms with E-state index in [1.165, 1.54) is 30.4 Å². The van der Waals surface area contributed by atoms with E-state index in [4.69, 9.17) is 15.0 Å². The van der Waals surface area contributed by atoms with Gasteiger partial charge >= 0.3 is 0 Å². The molecule has 0 aliphatic rings. The van der Waals surface area contributed by atoms with Crippen molar-refractivity contribution in [2.24, 2.45) is 0 Å². The zero-order valence-corrected chi connectivity index (χ0v) is 27.2. The van der Waals surface area contributed by atoms with Gasteiger partial charge < -0.3 is 0 Å². The SMILES string of the molecule is CC(C)c1nc(-c2cccc(S(c3ccccc3)(c3ccccc3)c3ccccc3)c2)nc(-n2c3ccccc3c3ccccc32)n1. The van der Waals surface area contributed by atoms with E-state index < -0.39 is 10.0 Å². The monoisotopic (exact) mass is 626 g/mol. The van der Waals surface area contributed by atoms with E-state index in [2.05, 4.69) is 182 Å². The average Bonchev–Trinajstić information content (AvgIpc) is 3.48.